The van der Waals surface area contributed by atoms with Gasteiger partial charge in [0.1, 0.15) is 0 Å². The number of piperidine rings is 1. The fourth-order valence-corrected chi connectivity index (χ4v) is 5.59. The molecule has 3 fully saturated rings. The standard InChI is InChI=1S/C25H36N2O2/c1-19(2)25(13-8-23(18-25)26-22-11-16-29-17-12-22)24(28)27-14-9-21(10-15-27)20-6-4-3-5-7-20/h3-7,21-23,26H,1,8-18H2,2H3. The molecule has 2 heterocycles. The van der Waals surface area contributed by atoms with Crippen molar-refractivity contribution in [2.75, 3.05) is 26.3 Å². The Morgan fingerprint density at radius 1 is 1.07 bits per heavy atom. The van der Waals surface area contributed by atoms with E-state index in [0.717, 1.165) is 76.8 Å². The Morgan fingerprint density at radius 2 is 1.76 bits per heavy atom. The van der Waals surface area contributed by atoms with Gasteiger partial charge in [0.2, 0.25) is 5.91 Å². The van der Waals surface area contributed by atoms with Crippen LogP contribution in [0.2, 0.25) is 0 Å². The zero-order valence-electron chi connectivity index (χ0n) is 17.9. The van der Waals surface area contributed by atoms with Gasteiger partial charge >= 0.3 is 0 Å². The van der Waals surface area contributed by atoms with Gasteiger partial charge in [-0.1, -0.05) is 42.5 Å². The molecule has 0 radical (unpaired) electrons. The van der Waals surface area contributed by atoms with E-state index in [0.29, 0.717) is 23.9 Å². The summed E-state index contributed by atoms with van der Waals surface area (Å²) in [7, 11) is 0. The van der Waals surface area contributed by atoms with Crippen molar-refractivity contribution in [1.82, 2.24) is 10.2 Å². The number of benzene rings is 1. The number of nitrogens with one attached hydrogen (secondary N) is 1. The van der Waals surface area contributed by atoms with Crippen LogP contribution in [-0.4, -0.2) is 49.2 Å². The molecule has 1 aromatic rings. The minimum atomic E-state index is -0.373. The lowest BCUT2D eigenvalue weighted by molar-refractivity contribution is -0.141. The van der Waals surface area contributed by atoms with E-state index in [1.54, 1.807) is 0 Å². The van der Waals surface area contributed by atoms with Crippen LogP contribution in [0.15, 0.2) is 42.5 Å². The monoisotopic (exact) mass is 396 g/mol. The van der Waals surface area contributed by atoms with Crippen molar-refractivity contribution in [3.63, 3.8) is 0 Å². The highest BCUT2D eigenvalue weighted by atomic mass is 16.5. The first-order valence-corrected chi connectivity index (χ1v) is 11.4. The van der Waals surface area contributed by atoms with Crippen molar-refractivity contribution in [2.45, 2.75) is 69.9 Å². The van der Waals surface area contributed by atoms with Crippen LogP contribution in [0, 0.1) is 5.41 Å². The molecule has 2 unspecified atom stereocenters. The molecule has 0 bridgehead atoms. The minimum Gasteiger partial charge on any atom is -0.381 e. The van der Waals surface area contributed by atoms with Crippen LogP contribution < -0.4 is 5.32 Å². The molecular weight excluding hydrogens is 360 g/mol. The minimum absolute atomic E-state index is 0.327. The van der Waals surface area contributed by atoms with Gasteiger partial charge in [-0.25, -0.2) is 0 Å². The molecule has 4 rings (SSSR count). The maximum absolute atomic E-state index is 13.7. The number of carbonyl (C=O) groups excluding carboxylic acids is 1. The zero-order valence-corrected chi connectivity index (χ0v) is 17.9. The van der Waals surface area contributed by atoms with E-state index < -0.39 is 0 Å². The molecule has 0 aromatic heterocycles. The van der Waals surface area contributed by atoms with Crippen LogP contribution in [0.1, 0.15) is 63.4 Å². The van der Waals surface area contributed by atoms with Crippen LogP contribution in [-0.2, 0) is 9.53 Å². The molecule has 1 N–H and O–H groups in total. The highest BCUT2D eigenvalue weighted by molar-refractivity contribution is 5.86. The summed E-state index contributed by atoms with van der Waals surface area (Å²) >= 11 is 0. The number of carbonyl (C=O) groups is 1. The first kappa shape index (κ1) is 20.6. The first-order valence-electron chi connectivity index (χ1n) is 11.4. The number of ether oxygens (including phenoxy) is 1. The second-order valence-corrected chi connectivity index (χ2v) is 9.33. The molecule has 4 heteroatoms. The van der Waals surface area contributed by atoms with E-state index in [-0.39, 0.29) is 5.41 Å². The molecule has 0 spiro atoms. The van der Waals surface area contributed by atoms with Crippen molar-refractivity contribution < 1.29 is 9.53 Å². The molecule has 1 amide bonds. The van der Waals surface area contributed by atoms with Crippen molar-refractivity contribution in [3.8, 4) is 0 Å². The number of hydrogen-bond acceptors (Lipinski definition) is 3. The average Bonchev–Trinajstić information content (AvgIpc) is 3.20. The first-order chi connectivity index (χ1) is 14.1. The SMILES string of the molecule is C=C(C)C1(C(=O)N2CCC(c3ccccc3)CC2)CCC(NC2CCOCC2)C1. The molecule has 158 valence electrons. The molecule has 29 heavy (non-hydrogen) atoms. The summed E-state index contributed by atoms with van der Waals surface area (Å²) < 4.78 is 5.49. The molecular formula is C25H36N2O2. The van der Waals surface area contributed by atoms with Gasteiger partial charge in [0.15, 0.2) is 0 Å². The second kappa shape index (κ2) is 9.01. The number of amides is 1. The highest BCUT2D eigenvalue weighted by Crippen LogP contribution is 2.46. The maximum Gasteiger partial charge on any atom is 0.232 e. The van der Waals surface area contributed by atoms with Gasteiger partial charge in [0.05, 0.1) is 5.41 Å². The van der Waals surface area contributed by atoms with Gasteiger partial charge in [-0.05, 0) is 63.4 Å². The normalized spacial score (nSPS) is 29.1. The van der Waals surface area contributed by atoms with Gasteiger partial charge in [0, 0.05) is 38.4 Å². The third kappa shape index (κ3) is 4.44. The van der Waals surface area contributed by atoms with Gasteiger partial charge in [-0.2, -0.15) is 0 Å². The number of likely N-dealkylation sites (tertiary alicyclic amines) is 1. The van der Waals surface area contributed by atoms with E-state index >= 15 is 0 Å². The molecule has 2 atom stereocenters. The molecule has 2 saturated heterocycles. The Kier molecular flexibility index (Phi) is 6.41. The summed E-state index contributed by atoms with van der Waals surface area (Å²) in [6.45, 7) is 9.77. The lowest BCUT2D eigenvalue weighted by atomic mass is 9.77. The quantitative estimate of drug-likeness (QED) is 0.756. The van der Waals surface area contributed by atoms with Gasteiger partial charge in [0.25, 0.3) is 0 Å². The van der Waals surface area contributed by atoms with Crippen molar-refractivity contribution in [1.29, 1.82) is 0 Å². The van der Waals surface area contributed by atoms with Crippen LogP contribution in [0.3, 0.4) is 0 Å². The smallest absolute Gasteiger partial charge is 0.232 e. The Hall–Kier alpha value is -1.65. The van der Waals surface area contributed by atoms with E-state index in [1.165, 1.54) is 5.56 Å². The lowest BCUT2D eigenvalue weighted by Crippen LogP contribution is -2.48. The van der Waals surface area contributed by atoms with E-state index in [4.69, 9.17) is 4.74 Å². The predicted molar refractivity (Wildman–Crippen MR) is 117 cm³/mol. The topological polar surface area (TPSA) is 41.6 Å². The summed E-state index contributed by atoms with van der Waals surface area (Å²) in [4.78, 5) is 15.8. The molecule has 3 aliphatic rings. The third-order valence-corrected chi connectivity index (χ3v) is 7.49. The third-order valence-electron chi connectivity index (χ3n) is 7.49. The summed E-state index contributed by atoms with van der Waals surface area (Å²) in [5.74, 6) is 0.903. The molecule has 1 aliphatic carbocycles. The lowest BCUT2D eigenvalue weighted by Gasteiger charge is -2.39. The van der Waals surface area contributed by atoms with Crippen LogP contribution >= 0.6 is 0 Å². The molecule has 2 aliphatic heterocycles. The number of rotatable bonds is 5. The summed E-state index contributed by atoms with van der Waals surface area (Å²) in [6.07, 6.45) is 7.18. The summed E-state index contributed by atoms with van der Waals surface area (Å²) in [5.41, 5.74) is 2.09. The Labute approximate surface area is 175 Å². The van der Waals surface area contributed by atoms with E-state index in [9.17, 15) is 4.79 Å². The van der Waals surface area contributed by atoms with E-state index in [1.807, 2.05) is 0 Å². The van der Waals surface area contributed by atoms with Crippen molar-refractivity contribution in [3.05, 3.63) is 48.0 Å². The van der Waals surface area contributed by atoms with Crippen LogP contribution in [0.5, 0.6) is 0 Å². The largest absolute Gasteiger partial charge is 0.381 e. The van der Waals surface area contributed by atoms with Crippen molar-refractivity contribution in [2.24, 2.45) is 5.41 Å². The highest BCUT2D eigenvalue weighted by Gasteiger charge is 2.48. The van der Waals surface area contributed by atoms with Gasteiger partial charge in [-0.15, -0.1) is 0 Å². The Morgan fingerprint density at radius 3 is 2.41 bits per heavy atom. The average molecular weight is 397 g/mol. The number of hydrogen-bond donors (Lipinski definition) is 1. The predicted octanol–water partition coefficient (Wildman–Crippen LogP) is 4.28. The number of nitrogens with zero attached hydrogens (tertiary/aromatic N) is 1. The van der Waals surface area contributed by atoms with E-state index in [2.05, 4.69) is 54.1 Å². The summed E-state index contributed by atoms with van der Waals surface area (Å²) in [6, 6.07) is 11.7. The second-order valence-electron chi connectivity index (χ2n) is 9.33. The molecule has 4 nitrogen and oxygen atoms in total. The fraction of sp³-hybridized carbons (Fsp3) is 0.640. The Balaban J connectivity index is 1.37. The van der Waals surface area contributed by atoms with Crippen LogP contribution in [0.25, 0.3) is 0 Å². The zero-order chi connectivity index (χ0) is 20.3. The van der Waals surface area contributed by atoms with Crippen molar-refractivity contribution >= 4 is 5.91 Å². The summed E-state index contributed by atoms with van der Waals surface area (Å²) in [5, 5.41) is 3.82. The maximum atomic E-state index is 13.7. The van der Waals surface area contributed by atoms with Crippen LogP contribution in [0.4, 0.5) is 0 Å². The molecule has 1 saturated carbocycles. The Bertz CT molecular complexity index is 705. The van der Waals surface area contributed by atoms with Gasteiger partial charge < -0.3 is 15.0 Å². The molecule has 1 aromatic carbocycles. The van der Waals surface area contributed by atoms with Gasteiger partial charge in [-0.3, -0.25) is 4.79 Å². The fourth-order valence-electron chi connectivity index (χ4n) is 5.59.